The van der Waals surface area contributed by atoms with Crippen molar-refractivity contribution in [3.8, 4) is 0 Å². The first kappa shape index (κ1) is 12.9. The van der Waals surface area contributed by atoms with Gasteiger partial charge in [0, 0.05) is 12.7 Å². The van der Waals surface area contributed by atoms with E-state index in [4.69, 9.17) is 0 Å². The third kappa shape index (κ3) is 2.32. The first-order valence-corrected chi connectivity index (χ1v) is 4.92. The molecule has 0 aliphatic heterocycles. The van der Waals surface area contributed by atoms with Crippen LogP contribution in [0.3, 0.4) is 0 Å². The van der Waals surface area contributed by atoms with Crippen molar-refractivity contribution < 1.29 is 14.5 Å². The van der Waals surface area contributed by atoms with Gasteiger partial charge in [0.05, 0.1) is 11.5 Å². The van der Waals surface area contributed by atoms with Gasteiger partial charge in [-0.05, 0) is 19.9 Å². The molecule has 0 spiro atoms. The highest BCUT2D eigenvalue weighted by Gasteiger charge is 2.27. The van der Waals surface area contributed by atoms with Gasteiger partial charge in [-0.2, -0.15) is 0 Å². The minimum absolute atomic E-state index is 0.0875. The highest BCUT2D eigenvalue weighted by atomic mass is 16.6. The Kier molecular flexibility index (Phi) is 3.62. The van der Waals surface area contributed by atoms with Crippen LogP contribution in [0, 0.1) is 17.0 Å². The van der Waals surface area contributed by atoms with E-state index in [0.29, 0.717) is 5.69 Å². The van der Waals surface area contributed by atoms with Crippen molar-refractivity contribution in [1.29, 1.82) is 0 Å². The summed E-state index contributed by atoms with van der Waals surface area (Å²) in [6.45, 7) is 3.25. The minimum Gasteiger partial charge on any atom is -0.462 e. The molecule has 0 atom stereocenters. The van der Waals surface area contributed by atoms with E-state index in [1.165, 1.54) is 13.1 Å². The molecule has 0 saturated carbocycles. The summed E-state index contributed by atoms with van der Waals surface area (Å²) in [5, 5.41) is 10.8. The summed E-state index contributed by atoms with van der Waals surface area (Å²) >= 11 is 0. The number of nitro groups is 1. The Balaban J connectivity index is 3.54. The van der Waals surface area contributed by atoms with E-state index in [1.807, 2.05) is 0 Å². The van der Waals surface area contributed by atoms with Gasteiger partial charge in [-0.1, -0.05) is 0 Å². The number of aromatic nitrogens is 1. The fraction of sp³-hybridized carbons (Fsp3) is 0.400. The molecular weight excluding hydrogens is 228 g/mol. The lowest BCUT2D eigenvalue weighted by Crippen LogP contribution is -2.25. The maximum Gasteiger partial charge on any atom is 0.348 e. The van der Waals surface area contributed by atoms with Crippen molar-refractivity contribution in [2.24, 2.45) is 7.05 Å². The van der Waals surface area contributed by atoms with Crippen LogP contribution in [-0.4, -0.2) is 22.1 Å². The fourth-order valence-electron chi connectivity index (χ4n) is 1.35. The summed E-state index contributed by atoms with van der Waals surface area (Å²) < 4.78 is 5.79. The third-order valence-electron chi connectivity index (χ3n) is 2.32. The molecule has 0 aliphatic carbocycles. The Morgan fingerprint density at radius 1 is 1.59 bits per heavy atom. The minimum atomic E-state index is -0.867. The van der Waals surface area contributed by atoms with E-state index < -0.39 is 22.1 Å². The van der Waals surface area contributed by atoms with Gasteiger partial charge in [-0.25, -0.2) is 4.79 Å². The van der Waals surface area contributed by atoms with Gasteiger partial charge in [-0.15, -0.1) is 0 Å². The lowest BCUT2D eigenvalue weighted by molar-refractivity contribution is -0.386. The monoisotopic (exact) mass is 240 g/mol. The van der Waals surface area contributed by atoms with E-state index in [0.717, 1.165) is 4.57 Å². The third-order valence-corrected chi connectivity index (χ3v) is 2.32. The molecule has 1 aromatic rings. The molecule has 0 bridgehead atoms. The predicted molar refractivity (Wildman–Crippen MR) is 59.0 cm³/mol. The van der Waals surface area contributed by atoms with Crippen LogP contribution in [0.25, 0.3) is 0 Å². The molecule has 92 valence electrons. The molecular formula is C10H12N2O5. The zero-order chi connectivity index (χ0) is 13.2. The molecule has 0 unspecified atom stereocenters. The molecule has 1 rings (SSSR count). The largest absolute Gasteiger partial charge is 0.462 e. The molecule has 7 heteroatoms. The van der Waals surface area contributed by atoms with E-state index in [2.05, 4.69) is 4.74 Å². The summed E-state index contributed by atoms with van der Waals surface area (Å²) in [7, 11) is 1.40. The Hall–Kier alpha value is -2.18. The molecule has 17 heavy (non-hydrogen) atoms. The normalized spacial score (nSPS) is 10.1. The van der Waals surface area contributed by atoms with Gasteiger partial charge in [0.1, 0.15) is 5.56 Å². The number of esters is 1. The first-order valence-electron chi connectivity index (χ1n) is 4.92. The van der Waals surface area contributed by atoms with Crippen LogP contribution in [-0.2, 0) is 11.8 Å². The van der Waals surface area contributed by atoms with Crippen LogP contribution >= 0.6 is 0 Å². The van der Waals surface area contributed by atoms with Crippen LogP contribution in [0.1, 0.15) is 23.0 Å². The first-order chi connectivity index (χ1) is 7.90. The van der Waals surface area contributed by atoms with Crippen LogP contribution in [0.5, 0.6) is 0 Å². The number of nitrogens with zero attached hydrogens (tertiary/aromatic N) is 2. The zero-order valence-electron chi connectivity index (χ0n) is 9.72. The average molecular weight is 240 g/mol. The lowest BCUT2D eigenvalue weighted by atomic mass is 10.2. The topological polar surface area (TPSA) is 91.4 Å². The fourth-order valence-corrected chi connectivity index (χ4v) is 1.35. The molecule has 0 fully saturated rings. The molecule has 0 aromatic carbocycles. The van der Waals surface area contributed by atoms with Crippen LogP contribution < -0.4 is 5.56 Å². The van der Waals surface area contributed by atoms with Gasteiger partial charge < -0.3 is 9.30 Å². The Morgan fingerprint density at radius 3 is 2.65 bits per heavy atom. The number of ether oxygens (including phenoxy) is 1. The van der Waals surface area contributed by atoms with Crippen molar-refractivity contribution in [3.63, 3.8) is 0 Å². The summed E-state index contributed by atoms with van der Waals surface area (Å²) in [4.78, 5) is 33.1. The lowest BCUT2D eigenvalue weighted by Gasteiger charge is -2.07. The van der Waals surface area contributed by atoms with E-state index in [-0.39, 0.29) is 12.2 Å². The van der Waals surface area contributed by atoms with Crippen LogP contribution in [0.4, 0.5) is 5.69 Å². The second-order valence-corrected chi connectivity index (χ2v) is 3.39. The second-order valence-electron chi connectivity index (χ2n) is 3.39. The number of pyridine rings is 1. The molecule has 7 nitrogen and oxygen atoms in total. The van der Waals surface area contributed by atoms with E-state index >= 15 is 0 Å². The van der Waals surface area contributed by atoms with Crippen molar-refractivity contribution in [1.82, 2.24) is 4.57 Å². The molecule has 1 heterocycles. The van der Waals surface area contributed by atoms with E-state index in [9.17, 15) is 19.7 Å². The standard InChI is InChI=1S/C10H12N2O5/c1-4-17-10(14)7-5-6(2)11(3)9(13)8(7)12(15)16/h5H,4H2,1-3H3. The summed E-state index contributed by atoms with van der Waals surface area (Å²) in [6.07, 6.45) is 0. The molecule has 0 aliphatic rings. The van der Waals surface area contributed by atoms with Gasteiger partial charge >= 0.3 is 17.2 Å². The Bertz CT molecular complexity index is 532. The quantitative estimate of drug-likeness (QED) is 0.442. The number of aryl methyl sites for hydroxylation is 1. The molecule has 1 aromatic heterocycles. The summed E-state index contributed by atoms with van der Waals surface area (Å²) in [5.74, 6) is -0.861. The molecule has 0 radical (unpaired) electrons. The molecule has 0 saturated heterocycles. The van der Waals surface area contributed by atoms with Crippen molar-refractivity contribution in [2.45, 2.75) is 13.8 Å². The van der Waals surface area contributed by atoms with Gasteiger partial charge in [0.2, 0.25) is 0 Å². The van der Waals surface area contributed by atoms with E-state index in [1.54, 1.807) is 13.8 Å². The van der Waals surface area contributed by atoms with Gasteiger partial charge in [0.25, 0.3) is 0 Å². The van der Waals surface area contributed by atoms with Gasteiger partial charge in [-0.3, -0.25) is 14.9 Å². The van der Waals surface area contributed by atoms with Crippen LogP contribution in [0.2, 0.25) is 0 Å². The smallest absolute Gasteiger partial charge is 0.348 e. The predicted octanol–water partition coefficient (Wildman–Crippen LogP) is 0.779. The number of carbonyl (C=O) groups excluding carboxylic acids is 1. The molecule has 0 amide bonds. The Labute approximate surface area is 96.8 Å². The van der Waals surface area contributed by atoms with Crippen molar-refractivity contribution >= 4 is 11.7 Å². The van der Waals surface area contributed by atoms with Gasteiger partial charge in [0.15, 0.2) is 0 Å². The maximum absolute atomic E-state index is 11.7. The summed E-state index contributed by atoms with van der Waals surface area (Å²) in [5.41, 5.74) is -1.43. The highest BCUT2D eigenvalue weighted by molar-refractivity contribution is 5.93. The SMILES string of the molecule is CCOC(=O)c1cc(C)n(C)c(=O)c1[N+](=O)[O-]. The Morgan fingerprint density at radius 2 is 2.18 bits per heavy atom. The highest BCUT2D eigenvalue weighted by Crippen LogP contribution is 2.15. The number of rotatable bonds is 3. The van der Waals surface area contributed by atoms with Crippen molar-refractivity contribution in [3.05, 3.63) is 37.8 Å². The van der Waals surface area contributed by atoms with Crippen LogP contribution in [0.15, 0.2) is 10.9 Å². The summed E-state index contributed by atoms with van der Waals surface area (Å²) in [6, 6.07) is 1.28. The second kappa shape index (κ2) is 4.77. The van der Waals surface area contributed by atoms with Crippen molar-refractivity contribution in [2.75, 3.05) is 6.61 Å². The number of hydrogen-bond donors (Lipinski definition) is 0. The number of carbonyl (C=O) groups is 1. The average Bonchev–Trinajstić information content (AvgIpc) is 2.25. The zero-order valence-corrected chi connectivity index (χ0v) is 9.72. The maximum atomic E-state index is 11.7. The number of hydrogen-bond acceptors (Lipinski definition) is 5. The molecule has 0 N–H and O–H groups in total.